The Morgan fingerprint density at radius 3 is 2.37 bits per heavy atom. The van der Waals surface area contributed by atoms with E-state index in [1.54, 1.807) is 19.0 Å². The Hall–Kier alpha value is -1.79. The third-order valence-corrected chi connectivity index (χ3v) is 5.94. The fourth-order valence-electron chi connectivity index (χ4n) is 4.02. The van der Waals surface area contributed by atoms with Crippen molar-refractivity contribution in [1.82, 2.24) is 20.4 Å². The summed E-state index contributed by atoms with van der Waals surface area (Å²) in [4.78, 5) is 32.1. The van der Waals surface area contributed by atoms with Crippen LogP contribution in [-0.4, -0.2) is 73.9 Å². The van der Waals surface area contributed by atoms with Crippen LogP contribution in [0.25, 0.3) is 0 Å². The van der Waals surface area contributed by atoms with E-state index < -0.39 is 0 Å². The maximum absolute atomic E-state index is 12.1. The lowest BCUT2D eigenvalue weighted by atomic mass is 9.89. The first-order chi connectivity index (χ1) is 13.0. The molecule has 3 fully saturated rings. The summed E-state index contributed by atoms with van der Waals surface area (Å²) in [6.07, 6.45) is 9.45. The zero-order valence-electron chi connectivity index (χ0n) is 16.9. The van der Waals surface area contributed by atoms with Crippen LogP contribution in [0.4, 0.5) is 0 Å². The molecular formula is C20H35N5O2. The summed E-state index contributed by atoms with van der Waals surface area (Å²) in [6, 6.07) is 0.498. The molecular weight excluding hydrogens is 342 g/mol. The third-order valence-electron chi connectivity index (χ3n) is 5.94. The van der Waals surface area contributed by atoms with Crippen LogP contribution < -0.4 is 10.6 Å². The second kappa shape index (κ2) is 9.42. The van der Waals surface area contributed by atoms with E-state index in [9.17, 15) is 9.59 Å². The van der Waals surface area contributed by atoms with Crippen LogP contribution in [0.15, 0.2) is 4.99 Å². The molecule has 2 N–H and O–H groups in total. The van der Waals surface area contributed by atoms with Crippen LogP contribution >= 0.6 is 0 Å². The maximum atomic E-state index is 12.1. The van der Waals surface area contributed by atoms with Crippen molar-refractivity contribution < 1.29 is 9.59 Å². The topological polar surface area (TPSA) is 77.0 Å². The lowest BCUT2D eigenvalue weighted by Gasteiger charge is -2.23. The molecule has 0 spiro atoms. The Kier molecular flexibility index (Phi) is 6.96. The van der Waals surface area contributed by atoms with E-state index in [0.717, 1.165) is 32.5 Å². The molecule has 3 aliphatic rings. The summed E-state index contributed by atoms with van der Waals surface area (Å²) in [6.45, 7) is 2.62. The number of likely N-dealkylation sites (N-methyl/N-ethyl adjacent to an activating group) is 1. The van der Waals surface area contributed by atoms with Crippen molar-refractivity contribution in [2.45, 2.75) is 57.4 Å². The molecule has 0 aromatic carbocycles. The largest absolute Gasteiger partial charge is 0.356 e. The number of hydrogen-bond donors (Lipinski definition) is 2. The van der Waals surface area contributed by atoms with E-state index in [0.29, 0.717) is 36.2 Å². The molecule has 2 aliphatic carbocycles. The van der Waals surface area contributed by atoms with E-state index in [1.165, 1.54) is 32.1 Å². The highest BCUT2D eigenvalue weighted by Crippen LogP contribution is 2.32. The zero-order valence-corrected chi connectivity index (χ0v) is 16.9. The predicted molar refractivity (Wildman–Crippen MR) is 106 cm³/mol. The molecule has 2 amide bonds. The van der Waals surface area contributed by atoms with Crippen molar-refractivity contribution in [2.24, 2.45) is 16.8 Å². The number of aliphatic imine (C=N–C) groups is 1. The summed E-state index contributed by atoms with van der Waals surface area (Å²) in [7, 11) is 3.49. The molecule has 7 nitrogen and oxygen atoms in total. The third kappa shape index (κ3) is 6.11. The van der Waals surface area contributed by atoms with E-state index >= 15 is 0 Å². The van der Waals surface area contributed by atoms with Gasteiger partial charge in [-0.2, -0.15) is 0 Å². The quantitative estimate of drug-likeness (QED) is 0.516. The Balaban J connectivity index is 1.49. The van der Waals surface area contributed by atoms with Gasteiger partial charge in [0.1, 0.15) is 6.54 Å². The number of amides is 2. The number of likely N-dealkylation sites (tertiary alicyclic amines) is 1. The van der Waals surface area contributed by atoms with Crippen LogP contribution in [0, 0.1) is 11.8 Å². The van der Waals surface area contributed by atoms with Gasteiger partial charge in [0.25, 0.3) is 0 Å². The van der Waals surface area contributed by atoms with Crippen molar-refractivity contribution in [3.05, 3.63) is 0 Å². The van der Waals surface area contributed by atoms with Crippen molar-refractivity contribution in [3.8, 4) is 0 Å². The van der Waals surface area contributed by atoms with Crippen LogP contribution in [0.3, 0.4) is 0 Å². The lowest BCUT2D eigenvalue weighted by molar-refractivity contribution is -0.128. The second-order valence-electron chi connectivity index (χ2n) is 8.57. The lowest BCUT2D eigenvalue weighted by Crippen LogP contribution is -2.43. The number of nitrogens with one attached hydrogen (secondary N) is 2. The molecule has 1 unspecified atom stereocenters. The van der Waals surface area contributed by atoms with Gasteiger partial charge in [-0.3, -0.25) is 9.59 Å². The van der Waals surface area contributed by atoms with Gasteiger partial charge in [-0.1, -0.05) is 19.3 Å². The predicted octanol–water partition coefficient (Wildman–Crippen LogP) is 1.20. The standard InChI is InChI=1S/C20H35N5O2/c1-24(2)19(27)13-23-20(21-11-15-6-4-3-5-7-15)22-12-16-10-18(26)25(14-16)17-8-9-17/h15-17H,3-14H2,1-2H3,(H2,21,22,23). The van der Waals surface area contributed by atoms with Gasteiger partial charge in [0.2, 0.25) is 11.8 Å². The van der Waals surface area contributed by atoms with Crippen molar-refractivity contribution in [3.63, 3.8) is 0 Å². The molecule has 1 atom stereocenters. The Bertz CT molecular complexity index is 553. The minimum Gasteiger partial charge on any atom is -0.356 e. The van der Waals surface area contributed by atoms with Crippen LogP contribution in [-0.2, 0) is 9.59 Å². The number of guanidine groups is 1. The van der Waals surface area contributed by atoms with Gasteiger partial charge in [-0.15, -0.1) is 0 Å². The van der Waals surface area contributed by atoms with Gasteiger partial charge in [-0.05, 0) is 31.6 Å². The van der Waals surface area contributed by atoms with Crippen LogP contribution in [0.2, 0.25) is 0 Å². The summed E-state index contributed by atoms with van der Waals surface area (Å²) in [5.41, 5.74) is 0. The highest BCUT2D eigenvalue weighted by Gasteiger charge is 2.39. The monoisotopic (exact) mass is 377 g/mol. The van der Waals surface area contributed by atoms with Gasteiger partial charge in [0.05, 0.1) is 0 Å². The van der Waals surface area contributed by atoms with Crippen molar-refractivity contribution in [1.29, 1.82) is 0 Å². The number of carbonyl (C=O) groups excluding carboxylic acids is 2. The van der Waals surface area contributed by atoms with Gasteiger partial charge in [-0.25, -0.2) is 4.99 Å². The number of hydrogen-bond acceptors (Lipinski definition) is 3. The highest BCUT2D eigenvalue weighted by molar-refractivity contribution is 5.85. The summed E-state index contributed by atoms with van der Waals surface area (Å²) < 4.78 is 0. The Morgan fingerprint density at radius 1 is 1.07 bits per heavy atom. The molecule has 0 aromatic rings. The van der Waals surface area contributed by atoms with Crippen LogP contribution in [0.5, 0.6) is 0 Å². The molecule has 152 valence electrons. The SMILES string of the molecule is CN(C)C(=O)CN=C(NCC1CCCCC1)NCC1CC(=O)N(C2CC2)C1. The van der Waals surface area contributed by atoms with Gasteiger partial charge in [0.15, 0.2) is 5.96 Å². The minimum atomic E-state index is -0.00952. The molecule has 7 heteroatoms. The Morgan fingerprint density at radius 2 is 1.74 bits per heavy atom. The molecule has 2 saturated carbocycles. The van der Waals surface area contributed by atoms with E-state index in [4.69, 9.17) is 0 Å². The Labute approximate surface area is 162 Å². The molecule has 1 heterocycles. The van der Waals surface area contributed by atoms with Gasteiger partial charge in [0, 0.05) is 52.1 Å². The zero-order chi connectivity index (χ0) is 19.2. The fourth-order valence-corrected chi connectivity index (χ4v) is 4.02. The summed E-state index contributed by atoms with van der Waals surface area (Å²) in [5, 5.41) is 6.82. The van der Waals surface area contributed by atoms with E-state index in [1.807, 2.05) is 4.90 Å². The van der Waals surface area contributed by atoms with Crippen molar-refractivity contribution in [2.75, 3.05) is 40.3 Å². The van der Waals surface area contributed by atoms with Crippen molar-refractivity contribution >= 4 is 17.8 Å². The average molecular weight is 378 g/mol. The summed E-state index contributed by atoms with van der Waals surface area (Å²) in [5.74, 6) is 2.00. The first-order valence-corrected chi connectivity index (χ1v) is 10.5. The molecule has 3 rings (SSSR count). The first kappa shape index (κ1) is 20.0. The van der Waals surface area contributed by atoms with E-state index in [2.05, 4.69) is 15.6 Å². The molecule has 0 bridgehead atoms. The number of carbonyl (C=O) groups is 2. The molecule has 0 radical (unpaired) electrons. The molecule has 1 aliphatic heterocycles. The minimum absolute atomic E-state index is 0.00952. The normalized spacial score (nSPS) is 24.2. The smallest absolute Gasteiger partial charge is 0.243 e. The molecule has 1 saturated heterocycles. The first-order valence-electron chi connectivity index (χ1n) is 10.5. The number of rotatable bonds is 7. The molecule has 0 aromatic heterocycles. The van der Waals surface area contributed by atoms with Crippen LogP contribution in [0.1, 0.15) is 51.4 Å². The molecule has 27 heavy (non-hydrogen) atoms. The van der Waals surface area contributed by atoms with E-state index in [-0.39, 0.29) is 12.5 Å². The van der Waals surface area contributed by atoms with Gasteiger partial charge >= 0.3 is 0 Å². The van der Waals surface area contributed by atoms with Gasteiger partial charge < -0.3 is 20.4 Å². The number of nitrogens with zero attached hydrogens (tertiary/aromatic N) is 3. The second-order valence-corrected chi connectivity index (χ2v) is 8.57. The summed E-state index contributed by atoms with van der Waals surface area (Å²) >= 11 is 0. The average Bonchev–Trinajstić information content (AvgIpc) is 3.44. The maximum Gasteiger partial charge on any atom is 0.243 e. The highest BCUT2D eigenvalue weighted by atomic mass is 16.2. The fraction of sp³-hybridized carbons (Fsp3) is 0.850.